The highest BCUT2D eigenvalue weighted by Crippen LogP contribution is 2.48. The Balaban J connectivity index is 1.36. The summed E-state index contributed by atoms with van der Waals surface area (Å²) in [7, 11) is 0. The number of unbranched alkanes of at least 4 members (excludes halogenated alkanes) is 1. The molecule has 2 aromatic carbocycles. The van der Waals surface area contributed by atoms with Gasteiger partial charge in [-0.25, -0.2) is 0 Å². The second-order valence-electron chi connectivity index (χ2n) is 8.97. The molecule has 2 atom stereocenters. The molecule has 2 aliphatic rings. The Morgan fingerprint density at radius 1 is 0.929 bits per heavy atom. The molecular formula is C26H32N2. The largest absolute Gasteiger partial charge is 0.342 e. The number of para-hydroxylation sites is 1. The minimum absolute atomic E-state index is 0.533. The van der Waals surface area contributed by atoms with Crippen molar-refractivity contribution >= 4 is 10.9 Å². The molecule has 2 nitrogen and oxygen atoms in total. The summed E-state index contributed by atoms with van der Waals surface area (Å²) in [5.41, 5.74) is 6.20. The molecule has 1 saturated heterocycles. The molecule has 2 aliphatic heterocycles. The van der Waals surface area contributed by atoms with Gasteiger partial charge in [-0.1, -0.05) is 48.5 Å². The van der Waals surface area contributed by atoms with Gasteiger partial charge in [0.2, 0.25) is 0 Å². The van der Waals surface area contributed by atoms with Crippen LogP contribution in [0.25, 0.3) is 10.9 Å². The van der Waals surface area contributed by atoms with Gasteiger partial charge in [0.05, 0.1) is 0 Å². The van der Waals surface area contributed by atoms with Gasteiger partial charge in [0.25, 0.3) is 0 Å². The molecule has 0 amide bonds. The zero-order valence-corrected chi connectivity index (χ0v) is 17.3. The van der Waals surface area contributed by atoms with E-state index >= 15 is 0 Å². The normalized spacial score (nSPS) is 21.5. The maximum atomic E-state index is 2.85. The zero-order chi connectivity index (χ0) is 19.1. The number of aryl methyl sites for hydroxylation is 1. The first-order valence-corrected chi connectivity index (χ1v) is 11.2. The molecule has 0 radical (unpaired) electrons. The van der Waals surface area contributed by atoms with E-state index in [4.69, 9.17) is 0 Å². The van der Waals surface area contributed by atoms with Gasteiger partial charge in [-0.05, 0) is 69.7 Å². The summed E-state index contributed by atoms with van der Waals surface area (Å²) in [6, 6.07) is 22.0. The lowest BCUT2D eigenvalue weighted by Gasteiger charge is -2.36. The van der Waals surface area contributed by atoms with E-state index in [1.54, 1.807) is 11.3 Å². The summed E-state index contributed by atoms with van der Waals surface area (Å²) >= 11 is 0. The molecule has 3 heterocycles. The van der Waals surface area contributed by atoms with Crippen molar-refractivity contribution in [2.45, 2.75) is 70.5 Å². The average Bonchev–Trinajstić information content (AvgIpc) is 3.19. The van der Waals surface area contributed by atoms with Crippen molar-refractivity contribution in [2.75, 3.05) is 6.54 Å². The Morgan fingerprint density at radius 2 is 1.71 bits per heavy atom. The Morgan fingerprint density at radius 3 is 2.54 bits per heavy atom. The first-order chi connectivity index (χ1) is 13.7. The van der Waals surface area contributed by atoms with Gasteiger partial charge in [-0.15, -0.1) is 0 Å². The van der Waals surface area contributed by atoms with Crippen molar-refractivity contribution < 1.29 is 0 Å². The molecule has 0 aliphatic carbocycles. The minimum Gasteiger partial charge on any atom is -0.342 e. The van der Waals surface area contributed by atoms with Crippen LogP contribution in [0, 0.1) is 0 Å². The number of aromatic nitrogens is 1. The minimum atomic E-state index is 0.533. The predicted octanol–water partition coefficient (Wildman–Crippen LogP) is 6.31. The molecule has 1 aromatic heterocycles. The lowest BCUT2D eigenvalue weighted by atomic mass is 9.96. The number of hydrogen-bond acceptors (Lipinski definition) is 1. The highest BCUT2D eigenvalue weighted by Gasteiger charge is 2.42. The van der Waals surface area contributed by atoms with E-state index in [0.29, 0.717) is 12.1 Å². The molecular weight excluding hydrogens is 340 g/mol. The summed E-state index contributed by atoms with van der Waals surface area (Å²) in [6.07, 6.45) is 7.74. The molecule has 5 rings (SSSR count). The van der Waals surface area contributed by atoms with Crippen LogP contribution in [0.1, 0.15) is 68.4 Å². The number of rotatable bonds is 6. The lowest BCUT2D eigenvalue weighted by molar-refractivity contribution is 0.172. The summed E-state index contributed by atoms with van der Waals surface area (Å²) < 4.78 is 2.63. The van der Waals surface area contributed by atoms with Gasteiger partial charge in [0, 0.05) is 41.1 Å². The lowest BCUT2D eigenvalue weighted by Crippen LogP contribution is -2.38. The highest BCUT2D eigenvalue weighted by atomic mass is 15.2. The summed E-state index contributed by atoms with van der Waals surface area (Å²) in [5.74, 6) is 0. The van der Waals surface area contributed by atoms with Crippen molar-refractivity contribution in [3.63, 3.8) is 0 Å². The zero-order valence-electron chi connectivity index (χ0n) is 17.3. The Labute approximate surface area is 169 Å². The average molecular weight is 373 g/mol. The van der Waals surface area contributed by atoms with Crippen molar-refractivity contribution in [1.29, 1.82) is 0 Å². The van der Waals surface area contributed by atoms with Crippen molar-refractivity contribution in [2.24, 2.45) is 0 Å². The molecule has 0 N–H and O–H groups in total. The van der Waals surface area contributed by atoms with Gasteiger partial charge in [0.1, 0.15) is 0 Å². The fourth-order valence-electron chi connectivity index (χ4n) is 5.81. The number of nitrogens with zero attached hydrogens (tertiary/aromatic N) is 2. The fourth-order valence-corrected chi connectivity index (χ4v) is 5.81. The third kappa shape index (κ3) is 2.99. The van der Waals surface area contributed by atoms with Crippen molar-refractivity contribution in [1.82, 2.24) is 9.47 Å². The topological polar surface area (TPSA) is 8.17 Å². The monoisotopic (exact) mass is 372 g/mol. The van der Waals surface area contributed by atoms with Crippen molar-refractivity contribution in [3.05, 3.63) is 71.4 Å². The van der Waals surface area contributed by atoms with Gasteiger partial charge < -0.3 is 4.57 Å². The molecule has 1 fully saturated rings. The van der Waals surface area contributed by atoms with Crippen LogP contribution in [-0.2, 0) is 12.8 Å². The van der Waals surface area contributed by atoms with E-state index in [1.807, 2.05) is 0 Å². The number of fused-ring (bicyclic) bond motifs is 6. The van der Waals surface area contributed by atoms with E-state index in [9.17, 15) is 0 Å². The number of hydrogen-bond donors (Lipinski definition) is 0. The van der Waals surface area contributed by atoms with Gasteiger partial charge in [0.15, 0.2) is 0 Å². The van der Waals surface area contributed by atoms with Gasteiger partial charge in [-0.2, -0.15) is 0 Å². The summed E-state index contributed by atoms with van der Waals surface area (Å²) in [5, 5.41) is 1.51. The third-order valence-corrected chi connectivity index (χ3v) is 6.95. The van der Waals surface area contributed by atoms with Gasteiger partial charge >= 0.3 is 0 Å². The van der Waals surface area contributed by atoms with E-state index in [-0.39, 0.29) is 0 Å². The molecule has 0 saturated carbocycles. The summed E-state index contributed by atoms with van der Waals surface area (Å²) in [4.78, 5) is 2.85. The fraction of sp³-hybridized carbons (Fsp3) is 0.462. The summed E-state index contributed by atoms with van der Waals surface area (Å²) in [6.45, 7) is 5.93. The van der Waals surface area contributed by atoms with Gasteiger partial charge in [-0.3, -0.25) is 4.90 Å². The van der Waals surface area contributed by atoms with Crippen LogP contribution in [0.5, 0.6) is 0 Å². The van der Waals surface area contributed by atoms with E-state index < -0.39 is 0 Å². The van der Waals surface area contributed by atoms with Crippen LogP contribution in [0.3, 0.4) is 0 Å². The quantitative estimate of drug-likeness (QED) is 0.461. The standard InChI is InChI=1S/C26H32N2/c1-19(2)28-23-14-7-6-13-22(23)26-24-16-15-21(18-25(26)28)27(24)17-9-8-12-20-10-4-3-5-11-20/h3-7,10-11,13-14,19,21,24H,8-9,12,15-18H2,1-2H3/t21-,24+/m0/s1. The molecule has 28 heavy (non-hydrogen) atoms. The van der Waals surface area contributed by atoms with Crippen LogP contribution in [0.4, 0.5) is 0 Å². The second kappa shape index (κ2) is 7.40. The van der Waals surface area contributed by atoms with Crippen LogP contribution in [0.2, 0.25) is 0 Å². The Kier molecular flexibility index (Phi) is 4.76. The molecule has 3 aromatic rings. The molecule has 2 heteroatoms. The third-order valence-electron chi connectivity index (χ3n) is 6.95. The second-order valence-corrected chi connectivity index (χ2v) is 8.97. The number of benzene rings is 2. The van der Waals surface area contributed by atoms with E-state index in [2.05, 4.69) is 77.9 Å². The molecule has 0 spiro atoms. The van der Waals surface area contributed by atoms with Crippen LogP contribution in [0.15, 0.2) is 54.6 Å². The van der Waals surface area contributed by atoms with Crippen LogP contribution < -0.4 is 0 Å². The maximum absolute atomic E-state index is 2.85. The van der Waals surface area contributed by atoms with Crippen LogP contribution >= 0.6 is 0 Å². The molecule has 146 valence electrons. The van der Waals surface area contributed by atoms with Crippen molar-refractivity contribution in [3.8, 4) is 0 Å². The smallest absolute Gasteiger partial charge is 0.0488 e. The predicted molar refractivity (Wildman–Crippen MR) is 118 cm³/mol. The first kappa shape index (κ1) is 18.0. The molecule has 2 bridgehead atoms. The van der Waals surface area contributed by atoms with Crippen LogP contribution in [-0.4, -0.2) is 22.1 Å². The molecule has 0 unspecified atom stereocenters. The van der Waals surface area contributed by atoms with E-state index in [0.717, 1.165) is 6.04 Å². The first-order valence-electron chi connectivity index (χ1n) is 11.2. The maximum Gasteiger partial charge on any atom is 0.0488 e. The van der Waals surface area contributed by atoms with E-state index in [1.165, 1.54) is 61.5 Å². The SMILES string of the molecule is CC(C)n1c2c(c3ccccc31)[C@H]1CC[C@@H](C2)N1CCCCc1ccccc1. The Bertz CT molecular complexity index is 953. The Hall–Kier alpha value is -2.06. The highest BCUT2D eigenvalue weighted by molar-refractivity contribution is 5.86.